The number of nitrogens with two attached hydrogens (primary N) is 1. The molecule has 0 aromatic heterocycles. The molecule has 1 saturated heterocycles. The van der Waals surface area contributed by atoms with Gasteiger partial charge in [0.25, 0.3) is 0 Å². The first-order valence-electron chi connectivity index (χ1n) is 6.61. The van der Waals surface area contributed by atoms with E-state index in [4.69, 9.17) is 5.84 Å². The average Bonchev–Trinajstić information content (AvgIpc) is 2.35. The SMILES string of the molecule is CCCCN=C(NN)N1CCCCC1CC. The first-order valence-corrected chi connectivity index (χ1v) is 6.61. The zero-order chi connectivity index (χ0) is 11.8. The Hall–Kier alpha value is -0.770. The van der Waals surface area contributed by atoms with Crippen molar-refractivity contribution < 1.29 is 0 Å². The van der Waals surface area contributed by atoms with Crippen molar-refractivity contribution in [3.63, 3.8) is 0 Å². The third kappa shape index (κ3) is 3.67. The number of likely N-dealkylation sites (tertiary alicyclic amines) is 1. The number of nitrogens with one attached hydrogen (secondary N) is 1. The number of hydrogen-bond donors (Lipinski definition) is 2. The zero-order valence-corrected chi connectivity index (χ0v) is 10.7. The number of aliphatic imine (C=N–C) groups is 1. The summed E-state index contributed by atoms with van der Waals surface area (Å²) in [5, 5.41) is 0. The molecule has 0 aromatic carbocycles. The van der Waals surface area contributed by atoms with Gasteiger partial charge in [0.1, 0.15) is 0 Å². The normalized spacial score (nSPS) is 22.3. The number of rotatable bonds is 4. The van der Waals surface area contributed by atoms with Crippen LogP contribution < -0.4 is 11.3 Å². The first kappa shape index (κ1) is 13.3. The maximum Gasteiger partial charge on any atom is 0.208 e. The third-order valence-corrected chi connectivity index (χ3v) is 3.27. The molecule has 16 heavy (non-hydrogen) atoms. The van der Waals surface area contributed by atoms with E-state index in [1.54, 1.807) is 0 Å². The number of unbranched alkanes of at least 4 members (excludes halogenated alkanes) is 1. The van der Waals surface area contributed by atoms with E-state index < -0.39 is 0 Å². The summed E-state index contributed by atoms with van der Waals surface area (Å²) < 4.78 is 0. The highest BCUT2D eigenvalue weighted by Gasteiger charge is 2.23. The van der Waals surface area contributed by atoms with Gasteiger partial charge in [-0.3, -0.25) is 10.4 Å². The fraction of sp³-hybridized carbons (Fsp3) is 0.917. The molecule has 3 N–H and O–H groups in total. The minimum atomic E-state index is 0.616. The van der Waals surface area contributed by atoms with Crippen LogP contribution in [0.15, 0.2) is 4.99 Å². The second-order valence-electron chi connectivity index (χ2n) is 4.45. The Kier molecular flexibility index (Phi) is 6.23. The highest BCUT2D eigenvalue weighted by atomic mass is 15.4. The van der Waals surface area contributed by atoms with Crippen molar-refractivity contribution in [3.8, 4) is 0 Å². The second kappa shape index (κ2) is 7.49. The molecule has 1 fully saturated rings. The summed E-state index contributed by atoms with van der Waals surface area (Å²) in [6.07, 6.45) is 7.35. The van der Waals surface area contributed by atoms with Crippen molar-refractivity contribution in [2.45, 2.75) is 58.4 Å². The molecule has 1 atom stereocenters. The molecule has 0 aromatic rings. The number of hydrazine groups is 1. The molecule has 1 rings (SSSR count). The molecule has 0 amide bonds. The number of hydrogen-bond acceptors (Lipinski definition) is 2. The average molecular weight is 226 g/mol. The maximum absolute atomic E-state index is 5.58. The first-order chi connectivity index (χ1) is 7.83. The summed E-state index contributed by atoms with van der Waals surface area (Å²) in [4.78, 5) is 6.91. The summed E-state index contributed by atoms with van der Waals surface area (Å²) in [6, 6.07) is 0.616. The van der Waals surface area contributed by atoms with Gasteiger partial charge in [0.15, 0.2) is 0 Å². The van der Waals surface area contributed by atoms with Crippen LogP contribution in [0.3, 0.4) is 0 Å². The van der Waals surface area contributed by atoms with E-state index >= 15 is 0 Å². The molecule has 94 valence electrons. The lowest BCUT2D eigenvalue weighted by atomic mass is 10.0. The van der Waals surface area contributed by atoms with Gasteiger partial charge in [-0.15, -0.1) is 0 Å². The van der Waals surface area contributed by atoms with Crippen LogP contribution in [-0.2, 0) is 0 Å². The monoisotopic (exact) mass is 226 g/mol. The molecule has 0 aliphatic carbocycles. The molecule has 4 nitrogen and oxygen atoms in total. The number of nitrogens with zero attached hydrogens (tertiary/aromatic N) is 2. The van der Waals surface area contributed by atoms with Gasteiger partial charge in [-0.2, -0.15) is 0 Å². The van der Waals surface area contributed by atoms with Gasteiger partial charge < -0.3 is 4.90 Å². The minimum Gasteiger partial charge on any atom is -0.339 e. The summed E-state index contributed by atoms with van der Waals surface area (Å²) in [5.74, 6) is 6.47. The Morgan fingerprint density at radius 3 is 2.88 bits per heavy atom. The smallest absolute Gasteiger partial charge is 0.208 e. The van der Waals surface area contributed by atoms with Crippen molar-refractivity contribution in [3.05, 3.63) is 0 Å². The third-order valence-electron chi connectivity index (χ3n) is 3.27. The van der Waals surface area contributed by atoms with Crippen LogP contribution in [0.4, 0.5) is 0 Å². The molecule has 1 heterocycles. The lowest BCUT2D eigenvalue weighted by Crippen LogP contribution is -2.51. The van der Waals surface area contributed by atoms with E-state index in [2.05, 4.69) is 29.2 Å². The Morgan fingerprint density at radius 2 is 2.25 bits per heavy atom. The summed E-state index contributed by atoms with van der Waals surface area (Å²) >= 11 is 0. The van der Waals surface area contributed by atoms with Gasteiger partial charge in [-0.1, -0.05) is 20.3 Å². The highest BCUT2D eigenvalue weighted by molar-refractivity contribution is 5.79. The quantitative estimate of drug-likeness (QED) is 0.253. The fourth-order valence-corrected chi connectivity index (χ4v) is 2.27. The Bertz CT molecular complexity index is 215. The van der Waals surface area contributed by atoms with Crippen molar-refractivity contribution in [2.24, 2.45) is 10.8 Å². The van der Waals surface area contributed by atoms with E-state index in [1.807, 2.05) is 0 Å². The van der Waals surface area contributed by atoms with Crippen molar-refractivity contribution >= 4 is 5.96 Å². The largest absolute Gasteiger partial charge is 0.339 e. The highest BCUT2D eigenvalue weighted by Crippen LogP contribution is 2.19. The molecule has 1 unspecified atom stereocenters. The van der Waals surface area contributed by atoms with Crippen LogP contribution in [0, 0.1) is 0 Å². The predicted octanol–water partition coefficient (Wildman–Crippen LogP) is 1.87. The van der Waals surface area contributed by atoms with Crippen molar-refractivity contribution in [1.82, 2.24) is 10.3 Å². The maximum atomic E-state index is 5.58. The van der Waals surface area contributed by atoms with E-state index in [-0.39, 0.29) is 0 Å². The van der Waals surface area contributed by atoms with Crippen LogP contribution in [0.1, 0.15) is 52.4 Å². The predicted molar refractivity (Wildman–Crippen MR) is 69.2 cm³/mol. The van der Waals surface area contributed by atoms with Gasteiger partial charge >= 0.3 is 0 Å². The molecule has 4 heteroatoms. The molecular formula is C12H26N4. The standard InChI is InChI=1S/C12H26N4/c1-3-5-9-14-12(15-13)16-10-7-6-8-11(16)4-2/h11H,3-10,13H2,1-2H3,(H,14,15). The van der Waals surface area contributed by atoms with Crippen LogP contribution in [0.5, 0.6) is 0 Å². The second-order valence-corrected chi connectivity index (χ2v) is 4.45. The van der Waals surface area contributed by atoms with E-state index in [1.165, 1.54) is 32.1 Å². The zero-order valence-electron chi connectivity index (χ0n) is 10.7. The van der Waals surface area contributed by atoms with Gasteiger partial charge in [0, 0.05) is 19.1 Å². The minimum absolute atomic E-state index is 0.616. The molecule has 0 bridgehead atoms. The molecule has 0 saturated carbocycles. The van der Waals surface area contributed by atoms with Gasteiger partial charge in [0.05, 0.1) is 0 Å². The van der Waals surface area contributed by atoms with Crippen LogP contribution in [-0.4, -0.2) is 30.0 Å². The van der Waals surface area contributed by atoms with Gasteiger partial charge in [-0.25, -0.2) is 5.84 Å². The number of guanidine groups is 1. The molecule has 0 spiro atoms. The van der Waals surface area contributed by atoms with Gasteiger partial charge in [0.2, 0.25) is 5.96 Å². The summed E-state index contributed by atoms with van der Waals surface area (Å²) in [5.41, 5.74) is 2.77. The lowest BCUT2D eigenvalue weighted by Gasteiger charge is -2.37. The van der Waals surface area contributed by atoms with Gasteiger partial charge in [-0.05, 0) is 32.1 Å². The summed E-state index contributed by atoms with van der Waals surface area (Å²) in [7, 11) is 0. The van der Waals surface area contributed by atoms with Crippen molar-refractivity contribution in [2.75, 3.05) is 13.1 Å². The fourth-order valence-electron chi connectivity index (χ4n) is 2.27. The molecule has 1 aliphatic heterocycles. The summed E-state index contributed by atoms with van der Waals surface area (Å²) in [6.45, 7) is 6.39. The topological polar surface area (TPSA) is 53.6 Å². The number of piperidine rings is 1. The molecule has 1 aliphatic rings. The van der Waals surface area contributed by atoms with Crippen molar-refractivity contribution in [1.29, 1.82) is 0 Å². The Labute approximate surface area is 99.3 Å². The van der Waals surface area contributed by atoms with Crippen LogP contribution >= 0.6 is 0 Å². The van der Waals surface area contributed by atoms with Crippen LogP contribution in [0.2, 0.25) is 0 Å². The van der Waals surface area contributed by atoms with Crippen LogP contribution in [0.25, 0.3) is 0 Å². The molecular weight excluding hydrogens is 200 g/mol. The van der Waals surface area contributed by atoms with E-state index in [0.29, 0.717) is 6.04 Å². The molecule has 0 radical (unpaired) electrons. The van der Waals surface area contributed by atoms with E-state index in [9.17, 15) is 0 Å². The lowest BCUT2D eigenvalue weighted by molar-refractivity contribution is 0.228. The van der Waals surface area contributed by atoms with E-state index in [0.717, 1.165) is 25.5 Å². The Balaban J connectivity index is 2.57. The Morgan fingerprint density at radius 1 is 1.44 bits per heavy atom.